The van der Waals surface area contributed by atoms with Gasteiger partial charge in [0.25, 0.3) is 11.6 Å². The number of ether oxygens (including phenoxy) is 1. The summed E-state index contributed by atoms with van der Waals surface area (Å²) in [7, 11) is 1.20. The molecule has 0 atom stereocenters. The number of hydrogen-bond donors (Lipinski definition) is 2. The number of aliphatic hydroxyl groups is 1. The number of β-amino-alcohol motifs (C(OH)–C–C–N with tert-alkyl or cyclic N) is 1. The van der Waals surface area contributed by atoms with Gasteiger partial charge in [0.15, 0.2) is 0 Å². The van der Waals surface area contributed by atoms with E-state index in [9.17, 15) is 19.7 Å². The van der Waals surface area contributed by atoms with Crippen molar-refractivity contribution < 1.29 is 24.4 Å². The molecule has 24 heavy (non-hydrogen) atoms. The Labute approximate surface area is 137 Å². The molecule has 0 aliphatic carbocycles. The van der Waals surface area contributed by atoms with Crippen molar-refractivity contribution in [3.05, 3.63) is 45.1 Å². The monoisotopic (exact) mass is 335 g/mol. The van der Waals surface area contributed by atoms with Crippen LogP contribution in [0.3, 0.4) is 0 Å². The first-order valence-corrected chi connectivity index (χ1v) is 7.12. The number of amides is 1. The van der Waals surface area contributed by atoms with Crippen molar-refractivity contribution in [3.8, 4) is 0 Å². The van der Waals surface area contributed by atoms with E-state index < -0.39 is 16.8 Å². The van der Waals surface area contributed by atoms with Crippen LogP contribution >= 0.6 is 0 Å². The zero-order chi connectivity index (χ0) is 17.9. The van der Waals surface area contributed by atoms with Crippen molar-refractivity contribution in [3.63, 3.8) is 0 Å². The second kappa shape index (κ2) is 7.09. The molecular formula is C15H17N3O6. The van der Waals surface area contributed by atoms with Gasteiger partial charge in [0.1, 0.15) is 5.70 Å². The first-order valence-electron chi connectivity index (χ1n) is 7.12. The van der Waals surface area contributed by atoms with Crippen LogP contribution in [0.15, 0.2) is 29.5 Å². The molecule has 0 fully saturated rings. The van der Waals surface area contributed by atoms with E-state index in [1.54, 1.807) is 19.1 Å². The number of methoxy groups -OCH3 is 1. The average Bonchev–Trinajstić information content (AvgIpc) is 2.85. The van der Waals surface area contributed by atoms with Crippen LogP contribution in [0.2, 0.25) is 0 Å². The van der Waals surface area contributed by atoms with Gasteiger partial charge in [-0.1, -0.05) is 6.07 Å². The average molecular weight is 335 g/mol. The summed E-state index contributed by atoms with van der Waals surface area (Å²) >= 11 is 0. The van der Waals surface area contributed by atoms with Crippen LogP contribution in [0, 0.1) is 17.0 Å². The molecular weight excluding hydrogens is 318 g/mol. The third kappa shape index (κ3) is 3.35. The first kappa shape index (κ1) is 17.4. The van der Waals surface area contributed by atoms with Crippen molar-refractivity contribution >= 4 is 23.3 Å². The fourth-order valence-electron chi connectivity index (χ4n) is 2.38. The summed E-state index contributed by atoms with van der Waals surface area (Å²) in [4.78, 5) is 36.0. The lowest BCUT2D eigenvalue weighted by atomic mass is 10.1. The van der Waals surface area contributed by atoms with Crippen molar-refractivity contribution in [1.82, 2.24) is 4.90 Å². The van der Waals surface area contributed by atoms with Gasteiger partial charge in [0.05, 0.1) is 30.8 Å². The molecule has 1 heterocycles. The number of carbonyl (C=O) groups excluding carboxylic acids is 2. The minimum absolute atomic E-state index is 0.00234. The zero-order valence-corrected chi connectivity index (χ0v) is 13.2. The van der Waals surface area contributed by atoms with E-state index in [4.69, 9.17) is 5.11 Å². The number of nitrogens with one attached hydrogen (secondary N) is 1. The number of esters is 1. The predicted molar refractivity (Wildman–Crippen MR) is 84.2 cm³/mol. The summed E-state index contributed by atoms with van der Waals surface area (Å²) in [5.41, 5.74) is 0.792. The van der Waals surface area contributed by atoms with Gasteiger partial charge in [-0.15, -0.1) is 0 Å². The number of anilines is 1. The molecule has 0 saturated carbocycles. The smallest absolute Gasteiger partial charge is 0.337 e. The summed E-state index contributed by atoms with van der Waals surface area (Å²) in [6.07, 6.45) is 0. The molecule has 0 bridgehead atoms. The number of nitro groups is 1. The second-order valence-electron chi connectivity index (χ2n) is 5.18. The van der Waals surface area contributed by atoms with E-state index in [1.165, 1.54) is 18.1 Å². The molecule has 1 aromatic carbocycles. The lowest BCUT2D eigenvalue weighted by Crippen LogP contribution is -2.31. The lowest BCUT2D eigenvalue weighted by molar-refractivity contribution is -0.385. The van der Waals surface area contributed by atoms with Crippen LogP contribution in [0.25, 0.3) is 0 Å². The highest BCUT2D eigenvalue weighted by atomic mass is 16.6. The predicted octanol–water partition coefficient (Wildman–Crippen LogP) is 0.577. The van der Waals surface area contributed by atoms with Crippen LogP contribution in [-0.2, 0) is 14.3 Å². The maximum absolute atomic E-state index is 12.4. The van der Waals surface area contributed by atoms with Crippen LogP contribution in [0.4, 0.5) is 11.4 Å². The number of benzene rings is 1. The van der Waals surface area contributed by atoms with Gasteiger partial charge in [-0.05, 0) is 13.0 Å². The molecule has 1 aliphatic rings. The summed E-state index contributed by atoms with van der Waals surface area (Å²) in [5, 5.41) is 22.8. The van der Waals surface area contributed by atoms with Crippen LogP contribution in [0.1, 0.15) is 5.56 Å². The topological polar surface area (TPSA) is 122 Å². The number of hydrogen-bond acceptors (Lipinski definition) is 7. The Kier molecular flexibility index (Phi) is 5.14. The van der Waals surface area contributed by atoms with Crippen molar-refractivity contribution in [2.75, 3.05) is 32.1 Å². The highest BCUT2D eigenvalue weighted by Crippen LogP contribution is 2.26. The normalized spacial score (nSPS) is 14.1. The fraction of sp³-hybridized carbons (Fsp3) is 0.333. The number of nitrogens with zero attached hydrogens (tertiary/aromatic N) is 2. The number of rotatable bonds is 6. The summed E-state index contributed by atoms with van der Waals surface area (Å²) < 4.78 is 4.67. The van der Waals surface area contributed by atoms with Gasteiger partial charge >= 0.3 is 5.97 Å². The second-order valence-corrected chi connectivity index (χ2v) is 5.18. The summed E-state index contributed by atoms with van der Waals surface area (Å²) in [6.45, 7) is 1.43. The standard InChI is InChI=1S/C15H17N3O6/c1-9-3-4-10(7-12(9)18(22)23)16-13-11(15(21)24-2)8-17(5-6-19)14(13)20/h3-4,7,16,19H,5-6,8H2,1-2H3. The minimum atomic E-state index is -0.673. The Balaban J connectivity index is 2.37. The van der Waals surface area contributed by atoms with Gasteiger partial charge in [-0.2, -0.15) is 0 Å². The maximum Gasteiger partial charge on any atom is 0.337 e. The number of aliphatic hydroxyl groups excluding tert-OH is 1. The molecule has 2 N–H and O–H groups in total. The Morgan fingerprint density at radius 1 is 1.50 bits per heavy atom. The van der Waals surface area contributed by atoms with E-state index in [-0.39, 0.29) is 36.7 Å². The van der Waals surface area contributed by atoms with E-state index >= 15 is 0 Å². The van der Waals surface area contributed by atoms with E-state index in [2.05, 4.69) is 10.1 Å². The van der Waals surface area contributed by atoms with Gasteiger partial charge in [-0.3, -0.25) is 14.9 Å². The zero-order valence-electron chi connectivity index (χ0n) is 13.2. The Morgan fingerprint density at radius 2 is 2.21 bits per heavy atom. The molecule has 2 rings (SSSR count). The Bertz CT molecular complexity index is 728. The van der Waals surface area contributed by atoms with Crippen molar-refractivity contribution in [1.29, 1.82) is 0 Å². The number of carbonyl (C=O) groups is 2. The summed E-state index contributed by atoms with van der Waals surface area (Å²) in [5.74, 6) is -1.15. The first-order chi connectivity index (χ1) is 11.4. The van der Waals surface area contributed by atoms with Gasteiger partial charge in [0, 0.05) is 23.9 Å². The molecule has 128 valence electrons. The highest BCUT2D eigenvalue weighted by molar-refractivity contribution is 6.08. The molecule has 0 spiro atoms. The summed E-state index contributed by atoms with van der Waals surface area (Å²) in [6, 6.07) is 4.41. The van der Waals surface area contributed by atoms with Crippen LogP contribution < -0.4 is 5.32 Å². The highest BCUT2D eigenvalue weighted by Gasteiger charge is 2.34. The maximum atomic E-state index is 12.4. The Hall–Kier alpha value is -2.94. The van der Waals surface area contributed by atoms with E-state index in [0.717, 1.165) is 0 Å². The van der Waals surface area contributed by atoms with Crippen LogP contribution in [0.5, 0.6) is 0 Å². The minimum Gasteiger partial charge on any atom is -0.466 e. The quantitative estimate of drug-likeness (QED) is 0.443. The SMILES string of the molecule is COC(=O)C1=C(Nc2ccc(C)c([N+](=O)[O-])c2)C(=O)N(CCO)C1. The largest absolute Gasteiger partial charge is 0.466 e. The number of nitro benzene ring substituents is 1. The van der Waals surface area contributed by atoms with E-state index in [1.807, 2.05) is 0 Å². The van der Waals surface area contributed by atoms with Gasteiger partial charge < -0.3 is 20.1 Å². The lowest BCUT2D eigenvalue weighted by Gasteiger charge is -2.15. The molecule has 1 amide bonds. The Morgan fingerprint density at radius 3 is 2.79 bits per heavy atom. The third-order valence-corrected chi connectivity index (χ3v) is 3.63. The molecule has 0 aromatic heterocycles. The molecule has 0 saturated heterocycles. The van der Waals surface area contributed by atoms with E-state index in [0.29, 0.717) is 11.3 Å². The molecule has 9 nitrogen and oxygen atoms in total. The fourth-order valence-corrected chi connectivity index (χ4v) is 2.38. The third-order valence-electron chi connectivity index (χ3n) is 3.63. The molecule has 9 heteroatoms. The van der Waals surface area contributed by atoms with Gasteiger partial charge in [-0.25, -0.2) is 4.79 Å². The molecule has 1 aliphatic heterocycles. The molecule has 0 radical (unpaired) electrons. The van der Waals surface area contributed by atoms with Crippen molar-refractivity contribution in [2.24, 2.45) is 0 Å². The van der Waals surface area contributed by atoms with Crippen molar-refractivity contribution in [2.45, 2.75) is 6.92 Å². The number of aryl methyl sites for hydroxylation is 1. The van der Waals surface area contributed by atoms with Crippen LogP contribution in [-0.4, -0.2) is 53.6 Å². The van der Waals surface area contributed by atoms with Gasteiger partial charge in [0.2, 0.25) is 0 Å². The molecule has 1 aromatic rings. The molecule has 0 unspecified atom stereocenters.